The van der Waals surface area contributed by atoms with Crippen LogP contribution in [-0.2, 0) is 0 Å². The van der Waals surface area contributed by atoms with Crippen LogP contribution in [0.5, 0.6) is 11.5 Å². The Labute approximate surface area is 69.9 Å². The first-order valence-electron chi connectivity index (χ1n) is 2.68. The molecule has 0 fully saturated rings. The van der Waals surface area contributed by atoms with Gasteiger partial charge in [-0.15, -0.1) is 12.4 Å². The van der Waals surface area contributed by atoms with Gasteiger partial charge in [0.25, 0.3) is 0 Å². The van der Waals surface area contributed by atoms with Gasteiger partial charge in [-0.05, 0) is 6.07 Å². The van der Waals surface area contributed by atoms with E-state index in [4.69, 9.17) is 21.7 Å². The zero-order chi connectivity index (χ0) is 7.72. The largest absolute Gasteiger partial charge is 0.504 e. The molecule has 5 heteroatoms. The average Bonchev–Trinajstić information content (AvgIpc) is 1.82. The lowest BCUT2D eigenvalue weighted by Crippen LogP contribution is -1.90. The van der Waals surface area contributed by atoms with Gasteiger partial charge in [0.15, 0.2) is 11.5 Å². The van der Waals surface area contributed by atoms with E-state index >= 15 is 0 Å². The standard InChI is InChI=1S/C6H8N2O2.ClH/c7-3-1-4(8)6(10)5(9)2-3;/h1-2,9-10H,7-8H2;1H. The fourth-order valence-corrected chi connectivity index (χ4v) is 0.664. The van der Waals surface area contributed by atoms with E-state index in [2.05, 4.69) is 0 Å². The zero-order valence-corrected chi connectivity index (χ0v) is 6.43. The normalized spacial score (nSPS) is 8.73. The number of nitrogens with two attached hydrogens (primary N) is 2. The van der Waals surface area contributed by atoms with Crippen LogP contribution in [0.25, 0.3) is 0 Å². The minimum absolute atomic E-state index is 0. The zero-order valence-electron chi connectivity index (χ0n) is 5.61. The van der Waals surface area contributed by atoms with Crippen LogP contribution in [0.3, 0.4) is 0 Å². The Morgan fingerprint density at radius 3 is 2.09 bits per heavy atom. The first-order valence-corrected chi connectivity index (χ1v) is 2.68. The van der Waals surface area contributed by atoms with Gasteiger partial charge in [-0.1, -0.05) is 0 Å². The number of rotatable bonds is 0. The molecular formula is C6H9ClN2O2. The van der Waals surface area contributed by atoms with E-state index in [1.54, 1.807) is 0 Å². The molecule has 0 saturated heterocycles. The van der Waals surface area contributed by atoms with Crippen molar-refractivity contribution in [3.05, 3.63) is 12.1 Å². The van der Waals surface area contributed by atoms with E-state index in [0.29, 0.717) is 5.69 Å². The molecule has 0 spiro atoms. The molecule has 0 atom stereocenters. The summed E-state index contributed by atoms with van der Waals surface area (Å²) in [5.41, 5.74) is 10.9. The van der Waals surface area contributed by atoms with Crippen LogP contribution < -0.4 is 11.5 Å². The van der Waals surface area contributed by atoms with Crippen molar-refractivity contribution in [2.24, 2.45) is 0 Å². The van der Waals surface area contributed by atoms with Gasteiger partial charge in [0, 0.05) is 11.8 Å². The number of halogens is 1. The quantitative estimate of drug-likeness (QED) is 0.266. The van der Waals surface area contributed by atoms with Crippen molar-refractivity contribution in [2.45, 2.75) is 0 Å². The number of benzene rings is 1. The number of phenolic OH excluding ortho intramolecular Hbond substituents is 2. The molecule has 0 aliphatic heterocycles. The Balaban J connectivity index is 0.000001000. The lowest BCUT2D eigenvalue weighted by Gasteiger charge is -2.01. The minimum atomic E-state index is -0.325. The summed E-state index contributed by atoms with van der Waals surface area (Å²) in [6.45, 7) is 0. The summed E-state index contributed by atoms with van der Waals surface area (Å²) in [5, 5.41) is 17.8. The molecule has 4 nitrogen and oxygen atoms in total. The van der Waals surface area contributed by atoms with Crippen molar-refractivity contribution in [3.63, 3.8) is 0 Å². The molecule has 11 heavy (non-hydrogen) atoms. The first-order chi connectivity index (χ1) is 4.61. The molecular weight excluding hydrogens is 168 g/mol. The van der Waals surface area contributed by atoms with E-state index in [0.717, 1.165) is 0 Å². The maximum Gasteiger partial charge on any atom is 0.181 e. The highest BCUT2D eigenvalue weighted by Crippen LogP contribution is 2.32. The number of hydrogen-bond donors (Lipinski definition) is 4. The second-order valence-electron chi connectivity index (χ2n) is 1.98. The minimum Gasteiger partial charge on any atom is -0.504 e. The number of nitrogen functional groups attached to an aromatic ring is 2. The van der Waals surface area contributed by atoms with Gasteiger partial charge < -0.3 is 21.7 Å². The number of phenols is 2. The third-order valence-corrected chi connectivity index (χ3v) is 1.14. The average molecular weight is 177 g/mol. The van der Waals surface area contributed by atoms with E-state index in [9.17, 15) is 0 Å². The van der Waals surface area contributed by atoms with E-state index < -0.39 is 0 Å². The molecule has 1 aromatic rings. The van der Waals surface area contributed by atoms with Crippen molar-refractivity contribution in [2.75, 3.05) is 11.5 Å². The molecule has 6 N–H and O–H groups in total. The van der Waals surface area contributed by atoms with Crippen molar-refractivity contribution >= 4 is 23.8 Å². The van der Waals surface area contributed by atoms with Crippen molar-refractivity contribution in [1.29, 1.82) is 0 Å². The molecule has 0 bridgehead atoms. The van der Waals surface area contributed by atoms with Crippen molar-refractivity contribution in [1.82, 2.24) is 0 Å². The number of anilines is 2. The summed E-state index contributed by atoms with van der Waals surface area (Å²) >= 11 is 0. The van der Waals surface area contributed by atoms with Gasteiger partial charge >= 0.3 is 0 Å². The maximum atomic E-state index is 8.90. The van der Waals surface area contributed by atoms with Gasteiger partial charge in [-0.2, -0.15) is 0 Å². The van der Waals surface area contributed by atoms with Crippen LogP contribution in [0.15, 0.2) is 12.1 Å². The highest BCUT2D eigenvalue weighted by molar-refractivity contribution is 5.85. The van der Waals surface area contributed by atoms with E-state index in [1.807, 2.05) is 0 Å². The Kier molecular flexibility index (Phi) is 2.83. The van der Waals surface area contributed by atoms with Gasteiger partial charge in [-0.3, -0.25) is 0 Å². The van der Waals surface area contributed by atoms with Gasteiger partial charge in [-0.25, -0.2) is 0 Å². The van der Waals surface area contributed by atoms with Gasteiger partial charge in [0.05, 0.1) is 5.69 Å². The maximum absolute atomic E-state index is 8.90. The lowest BCUT2D eigenvalue weighted by molar-refractivity contribution is 0.406. The Morgan fingerprint density at radius 2 is 1.64 bits per heavy atom. The van der Waals surface area contributed by atoms with Crippen LogP contribution in [0, 0.1) is 0 Å². The van der Waals surface area contributed by atoms with E-state index in [-0.39, 0.29) is 29.6 Å². The monoisotopic (exact) mass is 176 g/mol. The summed E-state index contributed by atoms with van der Waals surface area (Å²) in [6.07, 6.45) is 0. The molecule has 1 aromatic carbocycles. The Morgan fingerprint density at radius 1 is 1.09 bits per heavy atom. The molecule has 62 valence electrons. The number of hydrogen-bond acceptors (Lipinski definition) is 4. The molecule has 0 aromatic heterocycles. The fraction of sp³-hybridized carbons (Fsp3) is 0. The summed E-state index contributed by atoms with van der Waals surface area (Å²) in [7, 11) is 0. The number of aromatic hydroxyl groups is 2. The molecule has 0 heterocycles. The molecule has 0 amide bonds. The summed E-state index contributed by atoms with van der Waals surface area (Å²) < 4.78 is 0. The predicted molar refractivity (Wildman–Crippen MR) is 45.8 cm³/mol. The van der Waals surface area contributed by atoms with Crippen LogP contribution >= 0.6 is 12.4 Å². The molecule has 0 unspecified atom stereocenters. The SMILES string of the molecule is Cl.Nc1cc(N)c(O)c(O)c1. The van der Waals surface area contributed by atoms with E-state index in [1.165, 1.54) is 12.1 Å². The topological polar surface area (TPSA) is 92.5 Å². The third-order valence-electron chi connectivity index (χ3n) is 1.14. The van der Waals surface area contributed by atoms with Crippen LogP contribution in [0.4, 0.5) is 11.4 Å². The smallest absolute Gasteiger partial charge is 0.181 e. The summed E-state index contributed by atoms with van der Waals surface area (Å²) in [4.78, 5) is 0. The van der Waals surface area contributed by atoms with Crippen LogP contribution in [0.2, 0.25) is 0 Å². The molecule has 1 rings (SSSR count). The summed E-state index contributed by atoms with van der Waals surface area (Å²) in [5.74, 6) is -0.619. The third kappa shape index (κ3) is 1.81. The lowest BCUT2D eigenvalue weighted by atomic mass is 10.2. The molecule has 0 aliphatic rings. The predicted octanol–water partition coefficient (Wildman–Crippen LogP) is 0.684. The molecule has 0 radical (unpaired) electrons. The van der Waals surface area contributed by atoms with Gasteiger partial charge in [0.1, 0.15) is 0 Å². The Hall–Kier alpha value is -1.29. The second kappa shape index (κ2) is 3.21. The van der Waals surface area contributed by atoms with Crippen LogP contribution in [0.1, 0.15) is 0 Å². The fourth-order valence-electron chi connectivity index (χ4n) is 0.664. The highest BCUT2D eigenvalue weighted by atomic mass is 35.5. The first kappa shape index (κ1) is 9.71. The van der Waals surface area contributed by atoms with Crippen LogP contribution in [-0.4, -0.2) is 10.2 Å². The highest BCUT2D eigenvalue weighted by Gasteiger charge is 2.02. The van der Waals surface area contributed by atoms with Crippen molar-refractivity contribution < 1.29 is 10.2 Å². The second-order valence-corrected chi connectivity index (χ2v) is 1.98. The van der Waals surface area contributed by atoms with Crippen molar-refractivity contribution in [3.8, 4) is 11.5 Å². The van der Waals surface area contributed by atoms with Gasteiger partial charge in [0.2, 0.25) is 0 Å². The molecule has 0 aliphatic carbocycles. The summed E-state index contributed by atoms with van der Waals surface area (Å²) in [6, 6.07) is 2.60. The Bertz CT molecular complexity index is 242. The molecule has 0 saturated carbocycles.